The molecule has 0 spiro atoms. The van der Waals surface area contributed by atoms with Gasteiger partial charge in [0.2, 0.25) is 0 Å². The summed E-state index contributed by atoms with van der Waals surface area (Å²) in [6, 6.07) is 4.07. The molecule has 0 saturated carbocycles. The van der Waals surface area contributed by atoms with Crippen LogP contribution in [0.25, 0.3) is 0 Å². The normalized spacial score (nSPS) is 27.3. The average molecular weight is 264 g/mol. The van der Waals surface area contributed by atoms with Crippen molar-refractivity contribution in [3.05, 3.63) is 28.8 Å². The maximum atomic E-state index is 11.0. The first-order chi connectivity index (χ1) is 9.00. The molecule has 0 aliphatic carbocycles. The zero-order chi connectivity index (χ0) is 14.0. The molecule has 1 saturated heterocycles. The van der Waals surface area contributed by atoms with E-state index < -0.39 is 5.60 Å². The van der Waals surface area contributed by atoms with Crippen LogP contribution in [0.15, 0.2) is 12.1 Å². The van der Waals surface area contributed by atoms with Crippen molar-refractivity contribution in [3.63, 3.8) is 0 Å². The topological polar surface area (TPSA) is 38.7 Å². The minimum absolute atomic E-state index is 0.153. The lowest BCUT2D eigenvalue weighted by atomic mass is 9.80. The van der Waals surface area contributed by atoms with Crippen LogP contribution in [0.3, 0.4) is 0 Å². The van der Waals surface area contributed by atoms with E-state index in [9.17, 15) is 5.11 Å². The summed E-state index contributed by atoms with van der Waals surface area (Å²) in [5, 5.41) is 11.0. The zero-order valence-corrected chi connectivity index (χ0v) is 12.3. The molecule has 1 N–H and O–H groups in total. The highest BCUT2D eigenvalue weighted by atomic mass is 16.5. The van der Waals surface area contributed by atoms with Gasteiger partial charge in [-0.05, 0) is 49.1 Å². The minimum Gasteiger partial charge on any atom is -0.496 e. The van der Waals surface area contributed by atoms with Crippen LogP contribution >= 0.6 is 0 Å². The Kier molecular flexibility index (Phi) is 4.16. The molecule has 19 heavy (non-hydrogen) atoms. The van der Waals surface area contributed by atoms with Gasteiger partial charge in [0.05, 0.1) is 25.4 Å². The van der Waals surface area contributed by atoms with Gasteiger partial charge in [-0.3, -0.25) is 0 Å². The summed E-state index contributed by atoms with van der Waals surface area (Å²) in [4.78, 5) is 0. The molecule has 3 nitrogen and oxygen atoms in total. The number of aryl methyl sites for hydroxylation is 2. The van der Waals surface area contributed by atoms with Crippen molar-refractivity contribution >= 4 is 0 Å². The summed E-state index contributed by atoms with van der Waals surface area (Å²) >= 11 is 0. The van der Waals surface area contributed by atoms with Gasteiger partial charge >= 0.3 is 0 Å². The van der Waals surface area contributed by atoms with Crippen molar-refractivity contribution in [1.29, 1.82) is 0 Å². The van der Waals surface area contributed by atoms with Crippen molar-refractivity contribution < 1.29 is 14.6 Å². The van der Waals surface area contributed by atoms with E-state index in [1.165, 1.54) is 0 Å². The van der Waals surface area contributed by atoms with Crippen LogP contribution in [0.1, 0.15) is 42.9 Å². The minimum atomic E-state index is -0.764. The second-order valence-corrected chi connectivity index (χ2v) is 5.52. The zero-order valence-electron chi connectivity index (χ0n) is 12.3. The monoisotopic (exact) mass is 264 g/mol. The maximum Gasteiger partial charge on any atom is 0.122 e. The molecule has 0 radical (unpaired) electrons. The van der Waals surface area contributed by atoms with Crippen molar-refractivity contribution in [3.8, 4) is 5.75 Å². The van der Waals surface area contributed by atoms with Crippen molar-refractivity contribution in [2.45, 2.75) is 51.7 Å². The fraction of sp³-hybridized carbons (Fsp3) is 0.625. The number of benzene rings is 1. The van der Waals surface area contributed by atoms with Crippen LogP contribution in [-0.2, 0) is 10.3 Å². The van der Waals surface area contributed by atoms with E-state index in [2.05, 4.69) is 13.0 Å². The van der Waals surface area contributed by atoms with E-state index in [4.69, 9.17) is 9.47 Å². The van der Waals surface area contributed by atoms with Gasteiger partial charge in [-0.15, -0.1) is 0 Å². The van der Waals surface area contributed by atoms with Crippen molar-refractivity contribution in [2.75, 3.05) is 13.7 Å². The third kappa shape index (κ3) is 2.77. The van der Waals surface area contributed by atoms with Crippen LogP contribution in [-0.4, -0.2) is 24.9 Å². The lowest BCUT2D eigenvalue weighted by Gasteiger charge is -2.38. The summed E-state index contributed by atoms with van der Waals surface area (Å²) in [6.45, 7) is 6.77. The van der Waals surface area contributed by atoms with Crippen LogP contribution < -0.4 is 4.74 Å². The molecule has 2 rings (SSSR count). The predicted octanol–water partition coefficient (Wildman–Crippen LogP) is 3.09. The van der Waals surface area contributed by atoms with E-state index in [1.807, 2.05) is 19.9 Å². The van der Waals surface area contributed by atoms with Crippen LogP contribution in [0.5, 0.6) is 5.75 Å². The lowest BCUT2D eigenvalue weighted by molar-refractivity contribution is -0.108. The summed E-state index contributed by atoms with van der Waals surface area (Å²) in [5.74, 6) is 0.879. The Morgan fingerprint density at radius 3 is 2.74 bits per heavy atom. The van der Waals surface area contributed by atoms with Gasteiger partial charge in [-0.25, -0.2) is 0 Å². The third-order valence-corrected chi connectivity index (χ3v) is 4.13. The second-order valence-electron chi connectivity index (χ2n) is 5.52. The average Bonchev–Trinajstić information content (AvgIpc) is 2.40. The molecule has 1 aromatic rings. The standard InChI is InChI=1S/C16H24O3/c1-5-13-10-16(17,6-7-19-13)14-8-12(3)15(18-4)9-11(14)2/h8-9,13,17H,5-7,10H2,1-4H3. The molecular formula is C16H24O3. The molecule has 106 valence electrons. The predicted molar refractivity (Wildman–Crippen MR) is 75.6 cm³/mol. The summed E-state index contributed by atoms with van der Waals surface area (Å²) in [6.07, 6.45) is 2.43. The van der Waals surface area contributed by atoms with Gasteiger partial charge in [0.25, 0.3) is 0 Å². The van der Waals surface area contributed by atoms with E-state index in [0.717, 1.165) is 28.9 Å². The highest BCUT2D eigenvalue weighted by Crippen LogP contribution is 2.39. The third-order valence-electron chi connectivity index (χ3n) is 4.13. The molecule has 1 heterocycles. The van der Waals surface area contributed by atoms with E-state index in [1.54, 1.807) is 7.11 Å². The van der Waals surface area contributed by atoms with Gasteiger partial charge in [-0.1, -0.05) is 6.92 Å². The number of hydrogen-bond donors (Lipinski definition) is 1. The summed E-state index contributed by atoms with van der Waals surface area (Å²) < 4.78 is 11.0. The number of aliphatic hydroxyl groups is 1. The van der Waals surface area contributed by atoms with E-state index in [-0.39, 0.29) is 6.10 Å². The first kappa shape index (κ1) is 14.4. The lowest BCUT2D eigenvalue weighted by Crippen LogP contribution is -2.39. The Bertz CT molecular complexity index is 456. The Morgan fingerprint density at radius 2 is 2.11 bits per heavy atom. The van der Waals surface area contributed by atoms with Crippen LogP contribution in [0.2, 0.25) is 0 Å². The van der Waals surface area contributed by atoms with Crippen molar-refractivity contribution in [1.82, 2.24) is 0 Å². The number of rotatable bonds is 3. The summed E-state index contributed by atoms with van der Waals surface area (Å²) in [7, 11) is 1.68. The smallest absolute Gasteiger partial charge is 0.122 e. The molecule has 0 aromatic heterocycles. The molecular weight excluding hydrogens is 240 g/mol. The van der Waals surface area contributed by atoms with Gasteiger partial charge in [-0.2, -0.15) is 0 Å². The largest absolute Gasteiger partial charge is 0.496 e. The number of hydrogen-bond acceptors (Lipinski definition) is 3. The maximum absolute atomic E-state index is 11.0. The molecule has 1 aromatic carbocycles. The van der Waals surface area contributed by atoms with Gasteiger partial charge in [0, 0.05) is 12.8 Å². The molecule has 2 unspecified atom stereocenters. The van der Waals surface area contributed by atoms with Crippen LogP contribution in [0, 0.1) is 13.8 Å². The van der Waals surface area contributed by atoms with Gasteiger partial charge < -0.3 is 14.6 Å². The SMILES string of the molecule is CCC1CC(O)(c2cc(C)c(OC)cc2C)CCO1. The molecule has 0 bridgehead atoms. The Labute approximate surface area is 115 Å². The second kappa shape index (κ2) is 5.51. The molecule has 1 aliphatic heterocycles. The first-order valence-electron chi connectivity index (χ1n) is 7.00. The quantitative estimate of drug-likeness (QED) is 0.911. The van der Waals surface area contributed by atoms with Gasteiger partial charge in [0.1, 0.15) is 5.75 Å². The molecule has 1 aliphatic rings. The van der Waals surface area contributed by atoms with E-state index >= 15 is 0 Å². The Morgan fingerprint density at radius 1 is 1.37 bits per heavy atom. The fourth-order valence-corrected chi connectivity index (χ4v) is 2.95. The highest BCUT2D eigenvalue weighted by molar-refractivity contribution is 5.44. The highest BCUT2D eigenvalue weighted by Gasteiger charge is 2.37. The van der Waals surface area contributed by atoms with Gasteiger partial charge in [0.15, 0.2) is 0 Å². The Hall–Kier alpha value is -1.06. The molecule has 3 heteroatoms. The fourth-order valence-electron chi connectivity index (χ4n) is 2.95. The number of ether oxygens (including phenoxy) is 2. The molecule has 2 atom stereocenters. The van der Waals surface area contributed by atoms with Crippen molar-refractivity contribution in [2.24, 2.45) is 0 Å². The molecule has 1 fully saturated rings. The summed E-state index contributed by atoms with van der Waals surface area (Å²) in [5.41, 5.74) is 2.41. The van der Waals surface area contributed by atoms with E-state index in [0.29, 0.717) is 19.4 Å². The van der Waals surface area contributed by atoms with Crippen LogP contribution in [0.4, 0.5) is 0 Å². The number of methoxy groups -OCH3 is 1. The Balaban J connectivity index is 2.37. The molecule has 0 amide bonds. The first-order valence-corrected chi connectivity index (χ1v) is 7.00.